The van der Waals surface area contributed by atoms with Crippen LogP contribution < -0.4 is 0 Å². The topological polar surface area (TPSA) is 38.8 Å². The molecule has 0 aromatic carbocycles. The van der Waals surface area contributed by atoms with Crippen LogP contribution in [0.15, 0.2) is 0 Å². The molecule has 1 amide bonds. The molecule has 0 bridgehead atoms. The number of nitrogens with zero attached hydrogens (tertiary/aromatic N) is 1. The Labute approximate surface area is 117 Å². The van der Waals surface area contributed by atoms with Crippen molar-refractivity contribution in [3.63, 3.8) is 0 Å². The minimum atomic E-state index is -0.437. The molecule has 1 heterocycles. The fourth-order valence-corrected chi connectivity index (χ4v) is 2.58. The van der Waals surface area contributed by atoms with Crippen LogP contribution in [-0.4, -0.2) is 42.4 Å². The van der Waals surface area contributed by atoms with Gasteiger partial charge in [-0.15, -0.1) is 0 Å². The van der Waals surface area contributed by atoms with Gasteiger partial charge in [0.2, 0.25) is 0 Å². The van der Waals surface area contributed by atoms with Gasteiger partial charge in [0.05, 0.1) is 12.6 Å². The van der Waals surface area contributed by atoms with Crippen molar-refractivity contribution in [2.75, 3.05) is 19.7 Å². The second kappa shape index (κ2) is 6.60. The van der Waals surface area contributed by atoms with Gasteiger partial charge in [-0.2, -0.15) is 0 Å². The Morgan fingerprint density at radius 3 is 2.47 bits per heavy atom. The number of carbonyl (C=O) groups is 1. The Kier molecular flexibility index (Phi) is 5.65. The number of carbonyl (C=O) groups excluding carboxylic acids is 1. The molecular weight excluding hydrogens is 242 g/mol. The van der Waals surface area contributed by atoms with Crippen molar-refractivity contribution in [1.29, 1.82) is 0 Å². The summed E-state index contributed by atoms with van der Waals surface area (Å²) in [5.74, 6) is 1.11. The number of hydrogen-bond acceptors (Lipinski definition) is 3. The molecule has 19 heavy (non-hydrogen) atoms. The van der Waals surface area contributed by atoms with Crippen molar-refractivity contribution in [3.05, 3.63) is 0 Å². The van der Waals surface area contributed by atoms with Crippen LogP contribution in [0.25, 0.3) is 0 Å². The molecule has 0 unspecified atom stereocenters. The summed E-state index contributed by atoms with van der Waals surface area (Å²) in [5.41, 5.74) is -0.437. The molecule has 0 spiro atoms. The maximum Gasteiger partial charge on any atom is 0.410 e. The van der Waals surface area contributed by atoms with Crippen LogP contribution in [0.3, 0.4) is 0 Å². The first-order valence-corrected chi connectivity index (χ1v) is 7.34. The van der Waals surface area contributed by atoms with Gasteiger partial charge in [-0.1, -0.05) is 13.8 Å². The van der Waals surface area contributed by atoms with E-state index < -0.39 is 5.60 Å². The maximum atomic E-state index is 12.1. The Balaban J connectivity index is 2.63. The monoisotopic (exact) mass is 271 g/mol. The van der Waals surface area contributed by atoms with Gasteiger partial charge < -0.3 is 14.4 Å². The summed E-state index contributed by atoms with van der Waals surface area (Å²) in [7, 11) is 0. The molecule has 0 aliphatic carbocycles. The second-order valence-corrected chi connectivity index (χ2v) is 6.62. The van der Waals surface area contributed by atoms with Gasteiger partial charge in [-0.25, -0.2) is 4.79 Å². The molecule has 1 aliphatic heterocycles. The summed E-state index contributed by atoms with van der Waals surface area (Å²) in [5, 5.41) is 0. The fraction of sp³-hybridized carbons (Fsp3) is 0.933. The van der Waals surface area contributed by atoms with Gasteiger partial charge in [-0.3, -0.25) is 0 Å². The fourth-order valence-electron chi connectivity index (χ4n) is 2.58. The van der Waals surface area contributed by atoms with Crippen molar-refractivity contribution >= 4 is 6.09 Å². The van der Waals surface area contributed by atoms with Crippen molar-refractivity contribution in [2.45, 2.75) is 59.7 Å². The quantitative estimate of drug-likeness (QED) is 0.790. The van der Waals surface area contributed by atoms with Crippen LogP contribution in [0.2, 0.25) is 0 Å². The smallest absolute Gasteiger partial charge is 0.410 e. The van der Waals surface area contributed by atoms with E-state index in [0.29, 0.717) is 25.0 Å². The van der Waals surface area contributed by atoms with Gasteiger partial charge in [0.15, 0.2) is 0 Å². The highest BCUT2D eigenvalue weighted by Crippen LogP contribution is 2.28. The predicted octanol–water partition coefficient (Wildman–Crippen LogP) is 3.30. The van der Waals surface area contributed by atoms with Crippen molar-refractivity contribution in [1.82, 2.24) is 4.90 Å². The lowest BCUT2D eigenvalue weighted by Crippen LogP contribution is -2.50. The Morgan fingerprint density at radius 2 is 2.00 bits per heavy atom. The molecule has 1 saturated heterocycles. The number of hydrogen-bond donors (Lipinski definition) is 0. The van der Waals surface area contributed by atoms with E-state index in [1.807, 2.05) is 27.7 Å². The Bertz CT molecular complexity index is 296. The molecule has 0 saturated carbocycles. The molecule has 2 atom stereocenters. The second-order valence-electron chi connectivity index (χ2n) is 6.62. The average molecular weight is 271 g/mol. The molecule has 0 aromatic heterocycles. The third kappa shape index (κ3) is 5.01. The first kappa shape index (κ1) is 16.3. The summed E-state index contributed by atoms with van der Waals surface area (Å²) in [4.78, 5) is 13.9. The highest BCUT2D eigenvalue weighted by Gasteiger charge is 2.35. The molecule has 0 N–H and O–H groups in total. The SMILES string of the molecule is CCO[C@H]1CN(C(=O)OC(C)(C)C)CC[C@@H]1C(C)C. The normalized spacial score (nSPS) is 24.7. The van der Waals surface area contributed by atoms with Crippen LogP contribution in [0.4, 0.5) is 4.79 Å². The lowest BCUT2D eigenvalue weighted by Gasteiger charge is -2.40. The van der Waals surface area contributed by atoms with E-state index in [0.717, 1.165) is 13.0 Å². The summed E-state index contributed by atoms with van der Waals surface area (Å²) < 4.78 is 11.2. The highest BCUT2D eigenvalue weighted by molar-refractivity contribution is 5.68. The molecular formula is C15H29NO3. The lowest BCUT2D eigenvalue weighted by atomic mass is 9.84. The van der Waals surface area contributed by atoms with E-state index in [1.165, 1.54) is 0 Å². The molecule has 0 radical (unpaired) electrons. The van der Waals surface area contributed by atoms with Crippen molar-refractivity contribution in [2.24, 2.45) is 11.8 Å². The molecule has 1 rings (SSSR count). The minimum Gasteiger partial charge on any atom is -0.444 e. The molecule has 4 heteroatoms. The Morgan fingerprint density at radius 1 is 1.37 bits per heavy atom. The zero-order valence-corrected chi connectivity index (χ0v) is 13.2. The summed E-state index contributed by atoms with van der Waals surface area (Å²) in [6.07, 6.45) is 0.896. The minimum absolute atomic E-state index is 0.131. The summed E-state index contributed by atoms with van der Waals surface area (Å²) in [6, 6.07) is 0. The third-order valence-corrected chi connectivity index (χ3v) is 3.50. The molecule has 1 fully saturated rings. The lowest BCUT2D eigenvalue weighted by molar-refractivity contribution is -0.0535. The van der Waals surface area contributed by atoms with Crippen LogP contribution in [-0.2, 0) is 9.47 Å². The van der Waals surface area contributed by atoms with Gasteiger partial charge in [0.1, 0.15) is 5.60 Å². The Hall–Kier alpha value is -0.770. The zero-order chi connectivity index (χ0) is 14.6. The zero-order valence-electron chi connectivity index (χ0n) is 13.2. The van der Waals surface area contributed by atoms with Gasteiger partial charge in [0, 0.05) is 13.2 Å². The van der Waals surface area contributed by atoms with Crippen LogP contribution in [0.5, 0.6) is 0 Å². The molecule has 0 aromatic rings. The molecule has 1 aliphatic rings. The predicted molar refractivity (Wildman–Crippen MR) is 76.2 cm³/mol. The van der Waals surface area contributed by atoms with E-state index in [4.69, 9.17) is 9.47 Å². The van der Waals surface area contributed by atoms with E-state index >= 15 is 0 Å². The first-order valence-electron chi connectivity index (χ1n) is 7.34. The number of amides is 1. The van der Waals surface area contributed by atoms with Gasteiger partial charge in [0.25, 0.3) is 0 Å². The average Bonchev–Trinajstić information content (AvgIpc) is 2.26. The molecule has 112 valence electrons. The summed E-state index contributed by atoms with van der Waals surface area (Å²) >= 11 is 0. The number of ether oxygens (including phenoxy) is 2. The maximum absolute atomic E-state index is 12.1. The third-order valence-electron chi connectivity index (χ3n) is 3.50. The van der Waals surface area contributed by atoms with Crippen molar-refractivity contribution in [3.8, 4) is 0 Å². The summed E-state index contributed by atoms with van der Waals surface area (Å²) in [6.45, 7) is 14.2. The van der Waals surface area contributed by atoms with Gasteiger partial charge >= 0.3 is 6.09 Å². The van der Waals surface area contributed by atoms with Crippen molar-refractivity contribution < 1.29 is 14.3 Å². The van der Waals surface area contributed by atoms with Crippen LogP contribution >= 0.6 is 0 Å². The highest BCUT2D eigenvalue weighted by atomic mass is 16.6. The number of rotatable bonds is 3. The van der Waals surface area contributed by atoms with E-state index in [1.54, 1.807) is 4.90 Å². The van der Waals surface area contributed by atoms with E-state index in [2.05, 4.69) is 13.8 Å². The largest absolute Gasteiger partial charge is 0.444 e. The van der Waals surface area contributed by atoms with E-state index in [9.17, 15) is 4.79 Å². The van der Waals surface area contributed by atoms with Crippen LogP contribution in [0, 0.1) is 11.8 Å². The van der Waals surface area contributed by atoms with Gasteiger partial charge in [-0.05, 0) is 46.0 Å². The number of piperidine rings is 1. The standard InChI is InChI=1S/C15H29NO3/c1-7-18-13-10-16(9-8-12(13)11(2)3)14(17)19-15(4,5)6/h11-13H,7-10H2,1-6H3/t12-,13+/m1/s1. The van der Waals surface area contributed by atoms with Crippen LogP contribution in [0.1, 0.15) is 48.0 Å². The number of likely N-dealkylation sites (tertiary alicyclic amines) is 1. The first-order chi connectivity index (χ1) is 8.74. The molecule has 4 nitrogen and oxygen atoms in total. The van der Waals surface area contributed by atoms with E-state index in [-0.39, 0.29) is 12.2 Å².